The molecule has 0 unspecified atom stereocenters. The van der Waals surface area contributed by atoms with Gasteiger partial charge in [0, 0.05) is 10.8 Å². The van der Waals surface area contributed by atoms with Crippen LogP contribution in [0, 0.1) is 0 Å². The molecule has 0 atom stereocenters. The van der Waals surface area contributed by atoms with Crippen LogP contribution in [0.5, 0.6) is 0 Å². The summed E-state index contributed by atoms with van der Waals surface area (Å²) in [5, 5.41) is 4.66. The lowest BCUT2D eigenvalue weighted by molar-refractivity contribution is 0.590. The molecule has 3 heteroatoms. The van der Waals surface area contributed by atoms with Crippen molar-refractivity contribution >= 4 is 22.1 Å². The van der Waals surface area contributed by atoms with E-state index in [1.165, 1.54) is 21.9 Å². The monoisotopic (exact) mass is 398 g/mol. The van der Waals surface area contributed by atoms with Crippen LogP contribution in [0.2, 0.25) is 0 Å². The summed E-state index contributed by atoms with van der Waals surface area (Å²) < 4.78 is 2.28. The molecule has 1 heterocycles. The molecule has 0 fully saturated rings. The van der Waals surface area contributed by atoms with Crippen molar-refractivity contribution in [3.8, 4) is 16.9 Å². The third-order valence-corrected chi connectivity index (χ3v) is 5.98. The fraction of sp³-hybridized carbons (Fsp3) is 0.192. The molecule has 0 saturated heterocycles. The highest BCUT2D eigenvalue weighted by atomic mass is 32.1. The molecule has 0 bridgehead atoms. The van der Waals surface area contributed by atoms with Crippen LogP contribution in [0.4, 0.5) is 0 Å². The summed E-state index contributed by atoms with van der Waals surface area (Å²) in [6, 6.07) is 23.9. The first-order valence-electron chi connectivity index (χ1n) is 9.90. The molecule has 2 nitrogen and oxygen atoms in total. The fourth-order valence-electron chi connectivity index (χ4n) is 3.54. The molecule has 4 aromatic rings. The lowest BCUT2D eigenvalue weighted by Crippen LogP contribution is -2.15. The molecule has 0 aliphatic heterocycles. The highest BCUT2D eigenvalue weighted by Gasteiger charge is 2.16. The van der Waals surface area contributed by atoms with Gasteiger partial charge in [-0.15, -0.1) is 17.9 Å². The standard InChI is InChI=1S/C26H26N2S/c1-5-17-27-25-28(23-12-8-10-19-9-6-7-11-22(19)23)24(18-29-25)20-13-15-21(16-14-20)26(2,3)4/h5-16,18H,1,17H2,2-4H3. The number of nitrogens with zero attached hydrogens (tertiary/aromatic N) is 2. The van der Waals surface area contributed by atoms with Gasteiger partial charge in [0.2, 0.25) is 0 Å². The predicted octanol–water partition coefficient (Wildman–Crippen LogP) is 6.74. The van der Waals surface area contributed by atoms with Crippen LogP contribution in [0.3, 0.4) is 0 Å². The number of hydrogen-bond donors (Lipinski definition) is 0. The minimum atomic E-state index is 0.142. The van der Waals surface area contributed by atoms with E-state index in [4.69, 9.17) is 4.99 Å². The zero-order valence-corrected chi connectivity index (χ0v) is 18.0. The van der Waals surface area contributed by atoms with E-state index in [-0.39, 0.29) is 5.41 Å². The summed E-state index contributed by atoms with van der Waals surface area (Å²) in [4.78, 5) is 5.76. The average molecular weight is 399 g/mol. The third-order valence-electron chi connectivity index (χ3n) is 5.12. The number of thiazole rings is 1. The van der Waals surface area contributed by atoms with Crippen LogP contribution in [0.1, 0.15) is 26.3 Å². The van der Waals surface area contributed by atoms with Gasteiger partial charge in [-0.2, -0.15) is 0 Å². The van der Waals surface area contributed by atoms with Crippen LogP contribution in [0.25, 0.3) is 27.7 Å². The molecule has 146 valence electrons. The van der Waals surface area contributed by atoms with Crippen LogP contribution < -0.4 is 4.80 Å². The zero-order chi connectivity index (χ0) is 20.4. The zero-order valence-electron chi connectivity index (χ0n) is 17.2. The summed E-state index contributed by atoms with van der Waals surface area (Å²) in [6.07, 6.45) is 1.84. The van der Waals surface area contributed by atoms with Crippen molar-refractivity contribution in [2.45, 2.75) is 26.2 Å². The second kappa shape index (κ2) is 7.84. The first-order valence-corrected chi connectivity index (χ1v) is 10.8. The average Bonchev–Trinajstić information content (AvgIpc) is 3.15. The smallest absolute Gasteiger partial charge is 0.190 e. The van der Waals surface area contributed by atoms with Crippen molar-refractivity contribution in [2.24, 2.45) is 4.99 Å². The van der Waals surface area contributed by atoms with Gasteiger partial charge in [0.1, 0.15) is 0 Å². The molecular formula is C26H26N2S. The summed E-state index contributed by atoms with van der Waals surface area (Å²) in [6.45, 7) is 11.2. The van der Waals surface area contributed by atoms with Crippen molar-refractivity contribution in [1.82, 2.24) is 4.57 Å². The topological polar surface area (TPSA) is 17.3 Å². The second-order valence-electron chi connectivity index (χ2n) is 8.19. The van der Waals surface area contributed by atoms with Gasteiger partial charge in [0.25, 0.3) is 0 Å². The van der Waals surface area contributed by atoms with Crippen molar-refractivity contribution in [3.63, 3.8) is 0 Å². The number of rotatable bonds is 4. The van der Waals surface area contributed by atoms with E-state index in [1.54, 1.807) is 11.3 Å². The van der Waals surface area contributed by atoms with E-state index >= 15 is 0 Å². The Labute approximate surface area is 176 Å². The molecule has 0 radical (unpaired) electrons. The molecule has 0 spiro atoms. The minimum Gasteiger partial charge on any atom is -0.285 e. The van der Waals surface area contributed by atoms with Gasteiger partial charge < -0.3 is 0 Å². The maximum atomic E-state index is 4.77. The van der Waals surface area contributed by atoms with Crippen LogP contribution in [0.15, 0.2) is 89.8 Å². The molecular weight excluding hydrogens is 372 g/mol. The Morgan fingerprint density at radius 2 is 1.69 bits per heavy atom. The summed E-state index contributed by atoms with van der Waals surface area (Å²) in [5.41, 5.74) is 4.99. The lowest BCUT2D eigenvalue weighted by atomic mass is 9.86. The van der Waals surface area contributed by atoms with E-state index < -0.39 is 0 Å². The van der Waals surface area contributed by atoms with Crippen molar-refractivity contribution in [2.75, 3.05) is 6.54 Å². The van der Waals surface area contributed by atoms with E-state index in [0.717, 1.165) is 16.2 Å². The minimum absolute atomic E-state index is 0.142. The molecule has 0 saturated carbocycles. The maximum Gasteiger partial charge on any atom is 0.190 e. The van der Waals surface area contributed by atoms with Gasteiger partial charge in [-0.1, -0.05) is 87.5 Å². The number of fused-ring (bicyclic) bond motifs is 1. The number of aromatic nitrogens is 1. The molecule has 29 heavy (non-hydrogen) atoms. The highest BCUT2D eigenvalue weighted by molar-refractivity contribution is 7.07. The van der Waals surface area contributed by atoms with Crippen LogP contribution >= 0.6 is 11.3 Å². The van der Waals surface area contributed by atoms with E-state index in [0.29, 0.717) is 6.54 Å². The maximum absolute atomic E-state index is 4.77. The molecule has 1 aromatic heterocycles. The predicted molar refractivity (Wildman–Crippen MR) is 126 cm³/mol. The third kappa shape index (κ3) is 3.83. The highest BCUT2D eigenvalue weighted by Crippen LogP contribution is 2.30. The first-order chi connectivity index (χ1) is 14.0. The summed E-state index contributed by atoms with van der Waals surface area (Å²) >= 11 is 1.67. The van der Waals surface area contributed by atoms with Crippen LogP contribution in [-0.2, 0) is 5.41 Å². The Balaban J connectivity index is 1.95. The van der Waals surface area contributed by atoms with Gasteiger partial charge in [0.05, 0.1) is 17.9 Å². The summed E-state index contributed by atoms with van der Waals surface area (Å²) in [5.74, 6) is 0. The summed E-state index contributed by atoms with van der Waals surface area (Å²) in [7, 11) is 0. The second-order valence-corrected chi connectivity index (χ2v) is 9.03. The SMILES string of the molecule is C=CCN=c1scc(-c2ccc(C(C)(C)C)cc2)n1-c1cccc2ccccc12. The lowest BCUT2D eigenvalue weighted by Gasteiger charge is -2.19. The Bertz CT molecular complexity index is 1210. The first kappa shape index (κ1) is 19.4. The normalized spacial score (nSPS) is 12.4. The molecule has 0 aliphatic carbocycles. The van der Waals surface area contributed by atoms with E-state index in [2.05, 4.69) is 104 Å². The molecule has 4 rings (SSSR count). The fourth-order valence-corrected chi connectivity index (χ4v) is 4.45. The van der Waals surface area contributed by atoms with Gasteiger partial charge in [-0.25, -0.2) is 0 Å². The quantitative estimate of drug-likeness (QED) is 0.339. The van der Waals surface area contributed by atoms with Gasteiger partial charge >= 0.3 is 0 Å². The Hall–Kier alpha value is -2.91. The molecule has 0 N–H and O–H groups in total. The van der Waals surface area contributed by atoms with Gasteiger partial charge in [-0.05, 0) is 28.0 Å². The van der Waals surface area contributed by atoms with E-state index in [9.17, 15) is 0 Å². The number of benzene rings is 3. The molecule has 0 aliphatic rings. The Morgan fingerprint density at radius 3 is 2.41 bits per heavy atom. The van der Waals surface area contributed by atoms with Gasteiger partial charge in [-0.3, -0.25) is 9.56 Å². The van der Waals surface area contributed by atoms with Crippen LogP contribution in [-0.4, -0.2) is 11.1 Å². The van der Waals surface area contributed by atoms with Gasteiger partial charge in [0.15, 0.2) is 4.80 Å². The van der Waals surface area contributed by atoms with E-state index in [1.807, 2.05) is 6.08 Å². The molecule has 3 aromatic carbocycles. The van der Waals surface area contributed by atoms with Crippen molar-refractivity contribution < 1.29 is 0 Å². The van der Waals surface area contributed by atoms with Crippen molar-refractivity contribution in [3.05, 3.63) is 95.1 Å². The Kier molecular flexibility index (Phi) is 5.25. The molecule has 0 amide bonds. The Morgan fingerprint density at radius 1 is 0.966 bits per heavy atom. The largest absolute Gasteiger partial charge is 0.285 e. The van der Waals surface area contributed by atoms with Crippen molar-refractivity contribution in [1.29, 1.82) is 0 Å². The number of hydrogen-bond acceptors (Lipinski definition) is 2.